The SMILES string of the molecule is Cc1ccn(C2CC2)c(=O)c1C(=O)NC1CCC(n2cc(-c3ccncn3)cn2)CC1. The van der Waals surface area contributed by atoms with E-state index in [1.165, 1.54) is 6.33 Å². The maximum atomic E-state index is 12.9. The number of amides is 1. The van der Waals surface area contributed by atoms with Gasteiger partial charge in [0.2, 0.25) is 0 Å². The molecular weight excluding hydrogens is 392 g/mol. The zero-order chi connectivity index (χ0) is 21.4. The van der Waals surface area contributed by atoms with Crippen molar-refractivity contribution < 1.29 is 4.79 Å². The average Bonchev–Trinajstić information content (AvgIpc) is 3.50. The molecule has 0 spiro atoms. The molecule has 0 aliphatic heterocycles. The molecule has 2 fully saturated rings. The van der Waals surface area contributed by atoms with Crippen LogP contribution in [-0.4, -0.2) is 36.3 Å². The molecule has 3 aromatic rings. The molecule has 0 unspecified atom stereocenters. The predicted molar refractivity (Wildman–Crippen MR) is 116 cm³/mol. The smallest absolute Gasteiger partial charge is 0.263 e. The highest BCUT2D eigenvalue weighted by Crippen LogP contribution is 2.33. The Morgan fingerprint density at radius 1 is 1.10 bits per heavy atom. The molecule has 2 saturated carbocycles. The lowest BCUT2D eigenvalue weighted by Crippen LogP contribution is -2.41. The maximum Gasteiger partial charge on any atom is 0.263 e. The molecule has 160 valence electrons. The van der Waals surface area contributed by atoms with Gasteiger partial charge in [-0.25, -0.2) is 9.97 Å². The van der Waals surface area contributed by atoms with Crippen molar-refractivity contribution in [2.75, 3.05) is 0 Å². The summed E-state index contributed by atoms with van der Waals surface area (Å²) in [6.07, 6.45) is 14.5. The minimum absolute atomic E-state index is 0.0778. The average molecular weight is 419 g/mol. The van der Waals surface area contributed by atoms with E-state index < -0.39 is 0 Å². The third-order valence-electron chi connectivity index (χ3n) is 6.38. The van der Waals surface area contributed by atoms with Gasteiger partial charge in [0.15, 0.2) is 0 Å². The van der Waals surface area contributed by atoms with Gasteiger partial charge in [0, 0.05) is 36.2 Å². The number of hydrogen-bond acceptors (Lipinski definition) is 5. The number of hydrogen-bond donors (Lipinski definition) is 1. The first-order valence-corrected chi connectivity index (χ1v) is 10.9. The summed E-state index contributed by atoms with van der Waals surface area (Å²) >= 11 is 0. The monoisotopic (exact) mass is 418 g/mol. The Morgan fingerprint density at radius 2 is 1.87 bits per heavy atom. The molecule has 1 amide bonds. The summed E-state index contributed by atoms with van der Waals surface area (Å²) < 4.78 is 3.72. The number of carbonyl (C=O) groups excluding carboxylic acids is 1. The highest BCUT2D eigenvalue weighted by molar-refractivity contribution is 5.95. The summed E-state index contributed by atoms with van der Waals surface area (Å²) in [5, 5.41) is 7.64. The number of aryl methyl sites for hydroxylation is 1. The van der Waals surface area contributed by atoms with Gasteiger partial charge in [-0.2, -0.15) is 5.10 Å². The minimum Gasteiger partial charge on any atom is -0.349 e. The quantitative estimate of drug-likeness (QED) is 0.687. The van der Waals surface area contributed by atoms with E-state index in [4.69, 9.17) is 0 Å². The van der Waals surface area contributed by atoms with Crippen LogP contribution in [0.2, 0.25) is 0 Å². The van der Waals surface area contributed by atoms with E-state index in [1.54, 1.807) is 10.8 Å². The molecule has 2 aliphatic rings. The Bertz CT molecular complexity index is 1140. The molecule has 0 radical (unpaired) electrons. The summed E-state index contributed by atoms with van der Waals surface area (Å²) in [6.45, 7) is 1.83. The van der Waals surface area contributed by atoms with Crippen molar-refractivity contribution in [3.8, 4) is 11.3 Å². The van der Waals surface area contributed by atoms with E-state index >= 15 is 0 Å². The summed E-state index contributed by atoms with van der Waals surface area (Å²) in [6, 6.07) is 4.38. The molecule has 31 heavy (non-hydrogen) atoms. The first-order valence-electron chi connectivity index (χ1n) is 10.9. The molecular formula is C23H26N6O2. The first-order chi connectivity index (χ1) is 15.1. The minimum atomic E-state index is -0.244. The topological polar surface area (TPSA) is 94.7 Å². The number of nitrogens with zero attached hydrogens (tertiary/aromatic N) is 5. The van der Waals surface area contributed by atoms with Crippen molar-refractivity contribution in [1.29, 1.82) is 0 Å². The second-order valence-corrected chi connectivity index (χ2v) is 8.60. The molecule has 3 aromatic heterocycles. The van der Waals surface area contributed by atoms with E-state index in [0.717, 1.165) is 55.3 Å². The number of aromatic nitrogens is 5. The zero-order valence-electron chi connectivity index (χ0n) is 17.6. The van der Waals surface area contributed by atoms with Gasteiger partial charge in [0.05, 0.1) is 17.9 Å². The van der Waals surface area contributed by atoms with Crippen molar-refractivity contribution in [2.45, 2.75) is 63.6 Å². The van der Waals surface area contributed by atoms with Gasteiger partial charge in [0.1, 0.15) is 11.9 Å². The maximum absolute atomic E-state index is 12.9. The summed E-state index contributed by atoms with van der Waals surface area (Å²) in [5.41, 5.74) is 2.70. The standard InChI is InChI=1S/C23H26N6O2/c1-15-9-11-28(18-6-7-18)23(31)21(15)22(30)27-17-2-4-19(5-3-17)29-13-16(12-26-29)20-8-10-24-14-25-20/h8-14,17-19H,2-7H2,1H3,(H,27,30). The Labute approximate surface area is 180 Å². The van der Waals surface area contributed by atoms with Crippen LogP contribution >= 0.6 is 0 Å². The van der Waals surface area contributed by atoms with Crippen LogP contribution < -0.4 is 10.9 Å². The number of nitrogens with one attached hydrogen (secondary N) is 1. The van der Waals surface area contributed by atoms with E-state index in [2.05, 4.69) is 20.4 Å². The lowest BCUT2D eigenvalue weighted by molar-refractivity contribution is 0.0919. The first kappa shape index (κ1) is 19.7. The summed E-state index contributed by atoms with van der Waals surface area (Å²) in [4.78, 5) is 33.9. The van der Waals surface area contributed by atoms with Gasteiger partial charge in [-0.15, -0.1) is 0 Å². The van der Waals surface area contributed by atoms with Crippen LogP contribution in [-0.2, 0) is 0 Å². The fraction of sp³-hybridized carbons (Fsp3) is 0.435. The van der Waals surface area contributed by atoms with Crippen molar-refractivity contribution in [1.82, 2.24) is 29.6 Å². The van der Waals surface area contributed by atoms with Crippen molar-refractivity contribution in [3.05, 3.63) is 64.7 Å². The van der Waals surface area contributed by atoms with Gasteiger partial charge in [-0.3, -0.25) is 14.3 Å². The third-order valence-corrected chi connectivity index (χ3v) is 6.38. The number of rotatable bonds is 5. The summed E-state index contributed by atoms with van der Waals surface area (Å²) in [5.74, 6) is -0.244. The normalized spacial score (nSPS) is 21.1. The molecule has 0 aromatic carbocycles. The zero-order valence-corrected chi connectivity index (χ0v) is 17.6. The van der Waals surface area contributed by atoms with Gasteiger partial charge in [0.25, 0.3) is 11.5 Å². The van der Waals surface area contributed by atoms with Crippen LogP contribution in [0.4, 0.5) is 0 Å². The molecule has 3 heterocycles. The van der Waals surface area contributed by atoms with Gasteiger partial charge >= 0.3 is 0 Å². The van der Waals surface area contributed by atoms with Crippen LogP contribution in [0.25, 0.3) is 11.3 Å². The molecule has 1 N–H and O–H groups in total. The van der Waals surface area contributed by atoms with E-state index in [9.17, 15) is 9.59 Å². The second-order valence-electron chi connectivity index (χ2n) is 8.60. The van der Waals surface area contributed by atoms with Crippen LogP contribution in [0.1, 0.15) is 66.5 Å². The van der Waals surface area contributed by atoms with E-state index in [-0.39, 0.29) is 29.1 Å². The van der Waals surface area contributed by atoms with Crippen LogP contribution in [0.5, 0.6) is 0 Å². The van der Waals surface area contributed by atoms with Crippen molar-refractivity contribution in [2.24, 2.45) is 0 Å². The molecule has 5 rings (SSSR count). The highest BCUT2D eigenvalue weighted by atomic mass is 16.2. The van der Waals surface area contributed by atoms with Crippen molar-refractivity contribution in [3.63, 3.8) is 0 Å². The number of carbonyl (C=O) groups is 1. The molecule has 8 nitrogen and oxygen atoms in total. The van der Waals surface area contributed by atoms with E-state index in [1.807, 2.05) is 42.3 Å². The van der Waals surface area contributed by atoms with Crippen LogP contribution in [0, 0.1) is 6.92 Å². The fourth-order valence-corrected chi connectivity index (χ4v) is 4.43. The molecule has 2 aliphatic carbocycles. The van der Waals surface area contributed by atoms with Gasteiger partial charge < -0.3 is 9.88 Å². The Balaban J connectivity index is 1.22. The lowest BCUT2D eigenvalue weighted by atomic mass is 9.91. The van der Waals surface area contributed by atoms with Crippen LogP contribution in [0.15, 0.2) is 48.0 Å². The van der Waals surface area contributed by atoms with Gasteiger partial charge in [-0.05, 0) is 63.1 Å². The molecule has 0 bridgehead atoms. The van der Waals surface area contributed by atoms with E-state index in [0.29, 0.717) is 6.04 Å². The third kappa shape index (κ3) is 4.02. The Hall–Kier alpha value is -3.29. The van der Waals surface area contributed by atoms with Gasteiger partial charge in [-0.1, -0.05) is 0 Å². The Morgan fingerprint density at radius 3 is 2.58 bits per heavy atom. The summed E-state index contributed by atoms with van der Waals surface area (Å²) in [7, 11) is 0. The largest absolute Gasteiger partial charge is 0.349 e. The fourth-order valence-electron chi connectivity index (χ4n) is 4.43. The Kier molecular flexibility index (Phi) is 5.13. The number of pyridine rings is 1. The predicted octanol–water partition coefficient (Wildman–Crippen LogP) is 3.06. The molecule has 8 heteroatoms. The highest BCUT2D eigenvalue weighted by Gasteiger charge is 2.29. The second kappa shape index (κ2) is 8.09. The van der Waals surface area contributed by atoms with Crippen LogP contribution in [0.3, 0.4) is 0 Å². The molecule has 0 saturated heterocycles. The lowest BCUT2D eigenvalue weighted by Gasteiger charge is -2.29. The van der Waals surface area contributed by atoms with Crippen molar-refractivity contribution >= 4 is 5.91 Å². The molecule has 0 atom stereocenters.